The number of carbonyl (C=O) groups excluding carboxylic acids is 3. The Labute approximate surface area is 259 Å². The summed E-state index contributed by atoms with van der Waals surface area (Å²) in [7, 11) is 0. The van der Waals surface area contributed by atoms with Crippen molar-refractivity contribution in [2.45, 2.75) is 77.1 Å². The van der Waals surface area contributed by atoms with Crippen LogP contribution in [0, 0.1) is 6.92 Å². The summed E-state index contributed by atoms with van der Waals surface area (Å²) in [6.07, 6.45) is 2.11. The summed E-state index contributed by atoms with van der Waals surface area (Å²) in [5.41, 5.74) is 2.52. The van der Waals surface area contributed by atoms with Gasteiger partial charge in [0.05, 0.1) is 0 Å². The molecule has 5 rings (SSSR count). The summed E-state index contributed by atoms with van der Waals surface area (Å²) >= 11 is 0. The van der Waals surface area contributed by atoms with Gasteiger partial charge in [0.25, 0.3) is 5.91 Å². The Balaban J connectivity index is 1.53. The third-order valence-electron chi connectivity index (χ3n) is 7.90. The van der Waals surface area contributed by atoms with Crippen LogP contribution in [0.2, 0.25) is 0 Å². The molecule has 1 saturated carbocycles. The number of rotatable bonds is 9. The fourth-order valence-electron chi connectivity index (χ4n) is 5.62. The van der Waals surface area contributed by atoms with Crippen LogP contribution in [-0.2, 0) is 20.7 Å². The fourth-order valence-corrected chi connectivity index (χ4v) is 5.62. The van der Waals surface area contributed by atoms with Gasteiger partial charge >= 0.3 is 6.09 Å². The normalized spacial score (nSPS) is 14.6. The molecule has 228 valence electrons. The van der Waals surface area contributed by atoms with Gasteiger partial charge in [0.2, 0.25) is 5.91 Å². The predicted octanol–water partition coefficient (Wildman–Crippen LogP) is 7.35. The number of nitrogens with one attached hydrogen (secondary N) is 2. The number of hydrogen-bond donors (Lipinski definition) is 2. The van der Waals surface area contributed by atoms with Crippen molar-refractivity contribution in [1.29, 1.82) is 0 Å². The first-order chi connectivity index (χ1) is 21.1. The van der Waals surface area contributed by atoms with Gasteiger partial charge < -0.3 is 20.3 Å². The molecule has 7 heteroatoms. The molecule has 4 aromatic carbocycles. The van der Waals surface area contributed by atoms with E-state index < -0.39 is 23.8 Å². The maximum absolute atomic E-state index is 14.7. The zero-order valence-electron chi connectivity index (χ0n) is 25.9. The first-order valence-corrected chi connectivity index (χ1v) is 15.3. The Morgan fingerprint density at radius 3 is 2.23 bits per heavy atom. The van der Waals surface area contributed by atoms with Crippen molar-refractivity contribution in [3.8, 4) is 0 Å². The van der Waals surface area contributed by atoms with Gasteiger partial charge in [-0.1, -0.05) is 90.5 Å². The smallest absolute Gasteiger partial charge is 0.408 e. The van der Waals surface area contributed by atoms with Crippen molar-refractivity contribution in [2.75, 3.05) is 5.32 Å². The second-order valence-corrected chi connectivity index (χ2v) is 12.6. The van der Waals surface area contributed by atoms with E-state index in [0.717, 1.165) is 46.7 Å². The molecule has 1 fully saturated rings. The summed E-state index contributed by atoms with van der Waals surface area (Å²) in [5, 5.41) is 8.04. The molecule has 2 unspecified atom stereocenters. The topological polar surface area (TPSA) is 87.7 Å². The number of amides is 3. The van der Waals surface area contributed by atoms with E-state index in [1.807, 2.05) is 104 Å². The predicted molar refractivity (Wildman–Crippen MR) is 174 cm³/mol. The lowest BCUT2D eigenvalue weighted by Gasteiger charge is -2.43. The molecule has 0 heterocycles. The second-order valence-electron chi connectivity index (χ2n) is 12.6. The van der Waals surface area contributed by atoms with E-state index in [-0.39, 0.29) is 24.3 Å². The van der Waals surface area contributed by atoms with Crippen LogP contribution in [0.4, 0.5) is 10.5 Å². The Bertz CT molecular complexity index is 1620. The van der Waals surface area contributed by atoms with E-state index in [0.29, 0.717) is 5.69 Å². The first-order valence-electron chi connectivity index (χ1n) is 15.3. The number of fused-ring (bicyclic) bond motifs is 1. The molecule has 0 bridgehead atoms. The second kappa shape index (κ2) is 13.3. The zero-order valence-corrected chi connectivity index (χ0v) is 25.9. The Kier molecular flexibility index (Phi) is 9.33. The molecule has 1 aliphatic rings. The van der Waals surface area contributed by atoms with E-state index in [2.05, 4.69) is 10.6 Å². The third kappa shape index (κ3) is 7.64. The highest BCUT2D eigenvalue weighted by Crippen LogP contribution is 2.35. The van der Waals surface area contributed by atoms with E-state index in [1.165, 1.54) is 0 Å². The SMILES string of the molecule is Cc1cccc(C(C(=O)Nc2ccc3ccccc3c2)N(C(=O)C(Cc2ccccc2)NC(=O)OC(C)(C)C)C2CCC2)c1. The summed E-state index contributed by atoms with van der Waals surface area (Å²) in [6.45, 7) is 7.32. The molecule has 4 aromatic rings. The Hall–Kier alpha value is -4.65. The largest absolute Gasteiger partial charge is 0.444 e. The van der Waals surface area contributed by atoms with Gasteiger partial charge in [-0.05, 0) is 81.0 Å². The van der Waals surface area contributed by atoms with Crippen LogP contribution >= 0.6 is 0 Å². The van der Waals surface area contributed by atoms with Gasteiger partial charge in [-0.25, -0.2) is 4.79 Å². The van der Waals surface area contributed by atoms with Crippen molar-refractivity contribution >= 4 is 34.4 Å². The number of carbonyl (C=O) groups is 3. The Morgan fingerprint density at radius 1 is 0.864 bits per heavy atom. The molecule has 7 nitrogen and oxygen atoms in total. The maximum Gasteiger partial charge on any atom is 0.408 e. The number of anilines is 1. The minimum atomic E-state index is -0.936. The number of nitrogens with zero attached hydrogens (tertiary/aromatic N) is 1. The van der Waals surface area contributed by atoms with Crippen LogP contribution in [0.5, 0.6) is 0 Å². The van der Waals surface area contributed by atoms with Crippen LogP contribution in [0.3, 0.4) is 0 Å². The lowest BCUT2D eigenvalue weighted by molar-refractivity contribution is -0.145. The van der Waals surface area contributed by atoms with Crippen molar-refractivity contribution < 1.29 is 19.1 Å². The number of aryl methyl sites for hydroxylation is 1. The number of hydrogen-bond acceptors (Lipinski definition) is 4. The van der Waals surface area contributed by atoms with E-state index in [4.69, 9.17) is 4.74 Å². The van der Waals surface area contributed by atoms with Crippen LogP contribution in [0.15, 0.2) is 97.1 Å². The summed E-state index contributed by atoms with van der Waals surface area (Å²) in [6, 6.07) is 29.1. The average molecular weight is 592 g/mol. The van der Waals surface area contributed by atoms with Gasteiger partial charge in [0.15, 0.2) is 0 Å². The molecule has 3 amide bonds. The van der Waals surface area contributed by atoms with Crippen molar-refractivity contribution in [1.82, 2.24) is 10.2 Å². The summed E-state index contributed by atoms with van der Waals surface area (Å²) in [5.74, 6) is -0.619. The molecule has 0 aliphatic heterocycles. The Morgan fingerprint density at radius 2 is 1.57 bits per heavy atom. The van der Waals surface area contributed by atoms with Crippen molar-refractivity contribution in [3.05, 3.63) is 114 Å². The quantitative estimate of drug-likeness (QED) is 0.213. The van der Waals surface area contributed by atoms with Crippen LogP contribution in [-0.4, -0.2) is 40.5 Å². The standard InChI is InChI=1S/C37H41N3O4/c1-25-12-10-17-29(22-25)33(34(41)38-30-21-20-27-15-8-9-16-28(27)24-30)40(31-18-11-19-31)35(42)32(23-26-13-6-5-7-14-26)39-36(43)44-37(2,3)4/h5-10,12-17,20-22,24,31-33H,11,18-19,23H2,1-4H3,(H,38,41)(H,39,43). The molecule has 2 atom stereocenters. The van der Waals surface area contributed by atoms with Gasteiger partial charge in [-0.2, -0.15) is 0 Å². The van der Waals surface area contributed by atoms with Crippen molar-refractivity contribution in [3.63, 3.8) is 0 Å². The van der Waals surface area contributed by atoms with Gasteiger partial charge in [-0.15, -0.1) is 0 Å². The molecule has 0 saturated heterocycles. The molecule has 0 aromatic heterocycles. The minimum absolute atomic E-state index is 0.144. The highest BCUT2D eigenvalue weighted by Gasteiger charge is 2.42. The van der Waals surface area contributed by atoms with Crippen LogP contribution < -0.4 is 10.6 Å². The van der Waals surface area contributed by atoms with E-state index >= 15 is 0 Å². The average Bonchev–Trinajstić information content (AvgIpc) is 2.95. The molecule has 2 N–H and O–H groups in total. The summed E-state index contributed by atoms with van der Waals surface area (Å²) in [4.78, 5) is 43.7. The molecule has 44 heavy (non-hydrogen) atoms. The van der Waals surface area contributed by atoms with Crippen LogP contribution in [0.1, 0.15) is 62.8 Å². The molecule has 0 radical (unpaired) electrons. The number of alkyl carbamates (subject to hydrolysis) is 1. The molecule has 1 aliphatic carbocycles. The maximum atomic E-state index is 14.7. The molecule has 0 spiro atoms. The third-order valence-corrected chi connectivity index (χ3v) is 7.90. The molecular weight excluding hydrogens is 550 g/mol. The highest BCUT2D eigenvalue weighted by atomic mass is 16.6. The minimum Gasteiger partial charge on any atom is -0.444 e. The van der Waals surface area contributed by atoms with Crippen LogP contribution in [0.25, 0.3) is 10.8 Å². The van der Waals surface area contributed by atoms with Gasteiger partial charge in [-0.3, -0.25) is 9.59 Å². The monoisotopic (exact) mass is 591 g/mol. The fraction of sp³-hybridized carbons (Fsp3) is 0.324. The molecular formula is C37H41N3O4. The highest BCUT2D eigenvalue weighted by molar-refractivity contribution is 6.00. The van der Waals surface area contributed by atoms with E-state index in [9.17, 15) is 14.4 Å². The summed E-state index contributed by atoms with van der Waals surface area (Å²) < 4.78 is 5.56. The van der Waals surface area contributed by atoms with Gasteiger partial charge in [0.1, 0.15) is 17.7 Å². The lowest BCUT2D eigenvalue weighted by atomic mass is 9.87. The van der Waals surface area contributed by atoms with Gasteiger partial charge in [0, 0.05) is 18.2 Å². The lowest BCUT2D eigenvalue weighted by Crippen LogP contribution is -2.57. The zero-order chi connectivity index (χ0) is 31.3. The first kappa shape index (κ1) is 30.8. The van der Waals surface area contributed by atoms with E-state index in [1.54, 1.807) is 25.7 Å². The number of benzene rings is 4. The van der Waals surface area contributed by atoms with Crippen molar-refractivity contribution in [2.24, 2.45) is 0 Å². The number of ether oxygens (including phenoxy) is 1.